The molecule has 1 saturated heterocycles. The highest BCUT2D eigenvalue weighted by Gasteiger charge is 2.26. The van der Waals surface area contributed by atoms with Crippen LogP contribution in [0.15, 0.2) is 0 Å². The van der Waals surface area contributed by atoms with Crippen molar-refractivity contribution in [3.05, 3.63) is 0 Å². The maximum atomic E-state index is 11.3. The van der Waals surface area contributed by atoms with Crippen molar-refractivity contribution in [3.63, 3.8) is 0 Å². The number of rotatable bonds is 1. The van der Waals surface area contributed by atoms with Crippen molar-refractivity contribution in [3.8, 4) is 0 Å². The molecule has 2 atom stereocenters. The predicted molar refractivity (Wildman–Crippen MR) is 61.7 cm³/mol. The minimum atomic E-state index is -0.0370. The Balaban J connectivity index is 0.000000921. The molecule has 4 heteroatoms. The Kier molecular flexibility index (Phi) is 7.13. The van der Waals surface area contributed by atoms with Gasteiger partial charge in [0.05, 0.1) is 0 Å². The number of amides is 2. The van der Waals surface area contributed by atoms with Crippen LogP contribution in [0.1, 0.15) is 27.2 Å². The fourth-order valence-corrected chi connectivity index (χ4v) is 1.94. The maximum Gasteiger partial charge on any atom is 0.317 e. The molecule has 2 amide bonds. The van der Waals surface area contributed by atoms with Crippen LogP contribution in [0.25, 0.3) is 0 Å². The lowest BCUT2D eigenvalue weighted by molar-refractivity contribution is 0.106. The third kappa shape index (κ3) is 4.51. The van der Waals surface area contributed by atoms with Gasteiger partial charge in [0.2, 0.25) is 0 Å². The van der Waals surface area contributed by atoms with Gasteiger partial charge in [0.1, 0.15) is 0 Å². The molecule has 0 radical (unpaired) electrons. The lowest BCUT2D eigenvalue weighted by Gasteiger charge is -2.35. The second-order valence-corrected chi connectivity index (χ2v) is 3.85. The van der Waals surface area contributed by atoms with E-state index in [1.54, 1.807) is 11.9 Å². The van der Waals surface area contributed by atoms with Crippen molar-refractivity contribution in [1.29, 1.82) is 0 Å². The zero-order valence-electron chi connectivity index (χ0n) is 10.3. The molecule has 1 aliphatic rings. The fraction of sp³-hybridized carbons (Fsp3) is 0.909. The largest absolute Gasteiger partial charge is 0.396 e. The van der Waals surface area contributed by atoms with Gasteiger partial charge in [-0.25, -0.2) is 4.79 Å². The first-order valence-electron chi connectivity index (χ1n) is 5.75. The number of nitrogens with zero attached hydrogens (tertiary/aromatic N) is 1. The van der Waals surface area contributed by atoms with Gasteiger partial charge in [-0.05, 0) is 18.3 Å². The summed E-state index contributed by atoms with van der Waals surface area (Å²) in [6.45, 7) is 7.77. The smallest absolute Gasteiger partial charge is 0.317 e. The normalized spacial score (nSPS) is 25.3. The van der Waals surface area contributed by atoms with Crippen LogP contribution in [-0.4, -0.2) is 42.8 Å². The van der Waals surface area contributed by atoms with Gasteiger partial charge in [-0.2, -0.15) is 0 Å². The SMILES string of the molecule is CC.CNC(=O)N1CC(C)CC(CO)C1. The predicted octanol–water partition coefficient (Wildman–Crippen LogP) is 1.30. The van der Waals surface area contributed by atoms with E-state index in [1.807, 2.05) is 13.8 Å². The molecule has 15 heavy (non-hydrogen) atoms. The summed E-state index contributed by atoms with van der Waals surface area (Å²) in [5.74, 6) is 0.740. The molecule has 90 valence electrons. The highest BCUT2D eigenvalue weighted by molar-refractivity contribution is 5.73. The summed E-state index contributed by atoms with van der Waals surface area (Å²) in [7, 11) is 1.63. The van der Waals surface area contributed by atoms with Crippen LogP contribution < -0.4 is 5.32 Å². The minimum absolute atomic E-state index is 0.0370. The Morgan fingerprint density at radius 2 is 2.07 bits per heavy atom. The van der Waals surface area contributed by atoms with Crippen molar-refractivity contribution in [1.82, 2.24) is 10.2 Å². The molecule has 1 fully saturated rings. The van der Waals surface area contributed by atoms with Gasteiger partial charge in [-0.1, -0.05) is 20.8 Å². The Morgan fingerprint density at radius 3 is 2.53 bits per heavy atom. The number of hydrogen-bond donors (Lipinski definition) is 2. The van der Waals surface area contributed by atoms with E-state index >= 15 is 0 Å². The maximum absolute atomic E-state index is 11.3. The van der Waals surface area contributed by atoms with Crippen LogP contribution >= 0.6 is 0 Å². The van der Waals surface area contributed by atoms with Crippen LogP contribution in [0, 0.1) is 11.8 Å². The third-order valence-corrected chi connectivity index (χ3v) is 2.51. The van der Waals surface area contributed by atoms with Crippen LogP contribution in [-0.2, 0) is 0 Å². The van der Waals surface area contributed by atoms with Crippen LogP contribution in [0.2, 0.25) is 0 Å². The van der Waals surface area contributed by atoms with Crippen LogP contribution in [0.4, 0.5) is 4.79 Å². The Labute approximate surface area is 92.7 Å². The average molecular weight is 216 g/mol. The molecular formula is C11H24N2O2. The lowest BCUT2D eigenvalue weighted by atomic mass is 9.91. The molecule has 0 saturated carbocycles. The zero-order chi connectivity index (χ0) is 11.8. The second-order valence-electron chi connectivity index (χ2n) is 3.85. The van der Waals surface area contributed by atoms with Crippen molar-refractivity contribution in [2.24, 2.45) is 11.8 Å². The zero-order valence-corrected chi connectivity index (χ0v) is 10.3. The van der Waals surface area contributed by atoms with Crippen molar-refractivity contribution in [2.45, 2.75) is 27.2 Å². The highest BCUT2D eigenvalue weighted by atomic mass is 16.3. The summed E-state index contributed by atoms with van der Waals surface area (Å²) in [5, 5.41) is 11.6. The number of likely N-dealkylation sites (tertiary alicyclic amines) is 1. The summed E-state index contributed by atoms with van der Waals surface area (Å²) in [6.07, 6.45) is 1.02. The molecule has 1 rings (SSSR count). The van der Waals surface area contributed by atoms with E-state index in [1.165, 1.54) is 0 Å². The van der Waals surface area contributed by atoms with Gasteiger partial charge in [0.15, 0.2) is 0 Å². The molecule has 0 spiro atoms. The van der Waals surface area contributed by atoms with Crippen molar-refractivity contribution in [2.75, 3.05) is 26.7 Å². The molecule has 2 unspecified atom stereocenters. The number of aliphatic hydroxyl groups excluding tert-OH is 1. The van der Waals surface area contributed by atoms with Gasteiger partial charge >= 0.3 is 6.03 Å². The highest BCUT2D eigenvalue weighted by Crippen LogP contribution is 2.20. The summed E-state index contributed by atoms with van der Waals surface area (Å²) in [6, 6.07) is -0.0370. The van der Waals surface area contributed by atoms with E-state index < -0.39 is 0 Å². The average Bonchev–Trinajstić information content (AvgIpc) is 2.29. The van der Waals surface area contributed by atoms with E-state index in [4.69, 9.17) is 5.11 Å². The molecule has 4 nitrogen and oxygen atoms in total. The topological polar surface area (TPSA) is 52.6 Å². The number of carbonyl (C=O) groups is 1. The summed E-state index contributed by atoms with van der Waals surface area (Å²) in [5.41, 5.74) is 0. The number of piperidine rings is 1. The standard InChI is InChI=1S/C9H18N2O2.C2H6/c1-7-3-8(6-12)5-11(4-7)9(13)10-2;1-2/h7-8,12H,3-6H2,1-2H3,(H,10,13);1-2H3. The first kappa shape index (κ1) is 14.2. The molecule has 0 bridgehead atoms. The molecule has 1 aliphatic heterocycles. The van der Waals surface area contributed by atoms with E-state index in [-0.39, 0.29) is 18.6 Å². The quantitative estimate of drug-likeness (QED) is 0.694. The van der Waals surface area contributed by atoms with Gasteiger partial charge in [0.25, 0.3) is 0 Å². The summed E-state index contributed by atoms with van der Waals surface area (Å²) >= 11 is 0. The van der Waals surface area contributed by atoms with Gasteiger partial charge in [-0.3, -0.25) is 0 Å². The van der Waals surface area contributed by atoms with Crippen molar-refractivity contribution < 1.29 is 9.90 Å². The van der Waals surface area contributed by atoms with Gasteiger partial charge < -0.3 is 15.3 Å². The number of hydrogen-bond acceptors (Lipinski definition) is 2. The molecule has 0 aromatic heterocycles. The number of carbonyl (C=O) groups excluding carboxylic acids is 1. The van der Waals surface area contributed by atoms with E-state index in [9.17, 15) is 4.79 Å². The van der Waals surface area contributed by atoms with Crippen LogP contribution in [0.3, 0.4) is 0 Å². The first-order valence-corrected chi connectivity index (χ1v) is 5.75. The lowest BCUT2D eigenvalue weighted by Crippen LogP contribution is -2.47. The Morgan fingerprint density at radius 1 is 1.47 bits per heavy atom. The monoisotopic (exact) mass is 216 g/mol. The Hall–Kier alpha value is -0.770. The van der Waals surface area contributed by atoms with E-state index in [0.29, 0.717) is 12.5 Å². The Bertz CT molecular complexity index is 185. The number of aliphatic hydroxyl groups is 1. The molecule has 0 aromatic rings. The fourth-order valence-electron chi connectivity index (χ4n) is 1.94. The number of nitrogens with one attached hydrogen (secondary N) is 1. The van der Waals surface area contributed by atoms with E-state index in [0.717, 1.165) is 13.0 Å². The van der Waals surface area contributed by atoms with E-state index in [2.05, 4.69) is 12.2 Å². The molecule has 0 aromatic carbocycles. The third-order valence-electron chi connectivity index (χ3n) is 2.51. The van der Waals surface area contributed by atoms with Gasteiger partial charge in [0, 0.05) is 26.7 Å². The minimum Gasteiger partial charge on any atom is -0.396 e. The second kappa shape index (κ2) is 7.51. The molecule has 0 aliphatic carbocycles. The van der Waals surface area contributed by atoms with Gasteiger partial charge in [-0.15, -0.1) is 0 Å². The molecule has 1 heterocycles. The first-order chi connectivity index (χ1) is 7.17. The molecule has 2 N–H and O–H groups in total. The summed E-state index contributed by atoms with van der Waals surface area (Å²) in [4.78, 5) is 13.1. The summed E-state index contributed by atoms with van der Waals surface area (Å²) < 4.78 is 0. The van der Waals surface area contributed by atoms with Crippen LogP contribution in [0.5, 0.6) is 0 Å². The van der Waals surface area contributed by atoms with Crippen molar-refractivity contribution >= 4 is 6.03 Å². The number of urea groups is 1. The molecular weight excluding hydrogens is 192 g/mol.